The Hall–Kier alpha value is -1.89. The SMILES string of the molecule is CN(C)CCNC(=O)c1nc(C(=O)N2CCCCCC2)c2n1CCCC2. The lowest BCUT2D eigenvalue weighted by atomic mass is 10.1. The van der Waals surface area contributed by atoms with Gasteiger partial charge >= 0.3 is 0 Å². The molecule has 1 saturated heterocycles. The van der Waals surface area contributed by atoms with Crippen LogP contribution in [0.1, 0.15) is 65.3 Å². The topological polar surface area (TPSA) is 70.5 Å². The summed E-state index contributed by atoms with van der Waals surface area (Å²) in [7, 11) is 3.95. The highest BCUT2D eigenvalue weighted by Gasteiger charge is 2.30. The fourth-order valence-electron chi connectivity index (χ4n) is 3.78. The number of fused-ring (bicyclic) bond motifs is 1. The Kier molecular flexibility index (Phi) is 6.29. The summed E-state index contributed by atoms with van der Waals surface area (Å²) in [4.78, 5) is 34.2. The van der Waals surface area contributed by atoms with Crippen molar-refractivity contribution in [2.75, 3.05) is 40.3 Å². The monoisotopic (exact) mass is 361 g/mol. The number of carbonyl (C=O) groups is 2. The highest BCUT2D eigenvalue weighted by atomic mass is 16.2. The molecule has 0 radical (unpaired) electrons. The van der Waals surface area contributed by atoms with Crippen LogP contribution in [0, 0.1) is 0 Å². The largest absolute Gasteiger partial charge is 0.348 e. The van der Waals surface area contributed by atoms with E-state index in [2.05, 4.69) is 10.3 Å². The van der Waals surface area contributed by atoms with Gasteiger partial charge in [-0.05, 0) is 46.2 Å². The van der Waals surface area contributed by atoms with Gasteiger partial charge in [-0.2, -0.15) is 0 Å². The minimum atomic E-state index is -0.176. The zero-order chi connectivity index (χ0) is 18.5. The number of nitrogens with zero attached hydrogens (tertiary/aromatic N) is 4. The van der Waals surface area contributed by atoms with Gasteiger partial charge in [0, 0.05) is 32.7 Å². The van der Waals surface area contributed by atoms with Crippen LogP contribution in [0.5, 0.6) is 0 Å². The summed E-state index contributed by atoms with van der Waals surface area (Å²) in [5.74, 6) is 0.228. The Labute approximate surface area is 155 Å². The summed E-state index contributed by atoms with van der Waals surface area (Å²) < 4.78 is 1.97. The molecule has 0 aromatic carbocycles. The first-order chi connectivity index (χ1) is 12.6. The fraction of sp³-hybridized carbons (Fsp3) is 0.737. The van der Waals surface area contributed by atoms with Crippen molar-refractivity contribution in [1.82, 2.24) is 24.7 Å². The lowest BCUT2D eigenvalue weighted by Gasteiger charge is -2.21. The van der Waals surface area contributed by atoms with Crippen LogP contribution in [0.3, 0.4) is 0 Å². The lowest BCUT2D eigenvalue weighted by Crippen LogP contribution is -2.33. The molecule has 7 nitrogen and oxygen atoms in total. The predicted octanol–water partition coefficient (Wildman–Crippen LogP) is 1.53. The van der Waals surface area contributed by atoms with Gasteiger partial charge in [0.05, 0.1) is 5.69 Å². The number of aromatic nitrogens is 2. The Morgan fingerprint density at radius 2 is 1.73 bits per heavy atom. The number of nitrogens with one attached hydrogen (secondary N) is 1. The predicted molar refractivity (Wildman–Crippen MR) is 100 cm³/mol. The molecule has 3 heterocycles. The summed E-state index contributed by atoms with van der Waals surface area (Å²) in [6.07, 6.45) is 7.38. The number of likely N-dealkylation sites (tertiary alicyclic amines) is 1. The Balaban J connectivity index is 1.81. The zero-order valence-electron chi connectivity index (χ0n) is 16.1. The second kappa shape index (κ2) is 8.66. The van der Waals surface area contributed by atoms with Crippen molar-refractivity contribution in [3.05, 3.63) is 17.2 Å². The summed E-state index contributed by atoms with van der Waals surface area (Å²) in [6, 6.07) is 0. The molecule has 0 spiro atoms. The van der Waals surface area contributed by atoms with Crippen molar-refractivity contribution >= 4 is 11.8 Å². The number of hydrogen-bond acceptors (Lipinski definition) is 4. The van der Waals surface area contributed by atoms with Crippen LogP contribution in [0.2, 0.25) is 0 Å². The maximum absolute atomic E-state index is 13.1. The standard InChI is InChI=1S/C19H31N5O2/c1-22(2)14-10-20-18(25)17-21-16(15-9-5-8-13-24(15)17)19(26)23-11-6-3-4-7-12-23/h3-14H2,1-2H3,(H,20,25). The van der Waals surface area contributed by atoms with Gasteiger partial charge in [-0.15, -0.1) is 0 Å². The van der Waals surface area contributed by atoms with Crippen molar-refractivity contribution in [2.24, 2.45) is 0 Å². The van der Waals surface area contributed by atoms with E-state index in [1.54, 1.807) is 0 Å². The van der Waals surface area contributed by atoms with E-state index in [0.29, 0.717) is 18.1 Å². The van der Waals surface area contributed by atoms with Crippen LogP contribution in [-0.2, 0) is 13.0 Å². The minimum Gasteiger partial charge on any atom is -0.348 e. The van der Waals surface area contributed by atoms with Crippen molar-refractivity contribution in [1.29, 1.82) is 0 Å². The third-order valence-corrected chi connectivity index (χ3v) is 5.26. The Morgan fingerprint density at radius 3 is 2.42 bits per heavy atom. The van der Waals surface area contributed by atoms with E-state index in [9.17, 15) is 9.59 Å². The highest BCUT2D eigenvalue weighted by molar-refractivity contribution is 5.97. The zero-order valence-corrected chi connectivity index (χ0v) is 16.1. The third-order valence-electron chi connectivity index (χ3n) is 5.26. The third kappa shape index (κ3) is 4.26. The van der Waals surface area contributed by atoms with E-state index in [4.69, 9.17) is 0 Å². The first kappa shape index (κ1) is 18.9. The summed E-state index contributed by atoms with van der Waals surface area (Å²) in [5, 5.41) is 2.93. The molecule has 2 aliphatic rings. The second-order valence-corrected chi connectivity index (χ2v) is 7.61. The number of amides is 2. The molecular weight excluding hydrogens is 330 g/mol. The van der Waals surface area contributed by atoms with Crippen LogP contribution in [0.25, 0.3) is 0 Å². The van der Waals surface area contributed by atoms with Gasteiger partial charge in [0.1, 0.15) is 5.69 Å². The molecule has 1 N–H and O–H groups in total. The number of likely N-dealkylation sites (N-methyl/N-ethyl adjacent to an activating group) is 1. The molecule has 0 saturated carbocycles. The van der Waals surface area contributed by atoms with E-state index < -0.39 is 0 Å². The van der Waals surface area contributed by atoms with Gasteiger partial charge in [-0.25, -0.2) is 4.98 Å². The normalized spacial score (nSPS) is 17.7. The van der Waals surface area contributed by atoms with Crippen LogP contribution in [0.4, 0.5) is 0 Å². The number of imidazole rings is 1. The van der Waals surface area contributed by atoms with Crippen LogP contribution >= 0.6 is 0 Å². The molecule has 7 heteroatoms. The second-order valence-electron chi connectivity index (χ2n) is 7.61. The number of hydrogen-bond donors (Lipinski definition) is 1. The molecule has 0 bridgehead atoms. The molecule has 2 amide bonds. The molecule has 0 aliphatic carbocycles. The molecule has 1 aromatic heterocycles. The van der Waals surface area contributed by atoms with E-state index in [1.807, 2.05) is 28.5 Å². The lowest BCUT2D eigenvalue weighted by molar-refractivity contribution is 0.0754. The van der Waals surface area contributed by atoms with Crippen molar-refractivity contribution in [2.45, 2.75) is 51.5 Å². The molecule has 1 aromatic rings. The quantitative estimate of drug-likeness (QED) is 0.863. The van der Waals surface area contributed by atoms with Gasteiger partial charge in [0.15, 0.2) is 5.82 Å². The van der Waals surface area contributed by atoms with Crippen LogP contribution in [-0.4, -0.2) is 71.4 Å². The average molecular weight is 361 g/mol. The number of carbonyl (C=O) groups excluding carboxylic acids is 2. The molecule has 2 aliphatic heterocycles. The molecular formula is C19H31N5O2. The maximum Gasteiger partial charge on any atom is 0.287 e. The van der Waals surface area contributed by atoms with Crippen molar-refractivity contribution < 1.29 is 9.59 Å². The van der Waals surface area contributed by atoms with Gasteiger partial charge in [0.25, 0.3) is 11.8 Å². The Bertz CT molecular complexity index is 645. The summed E-state index contributed by atoms with van der Waals surface area (Å²) >= 11 is 0. The van der Waals surface area contributed by atoms with E-state index in [-0.39, 0.29) is 11.8 Å². The maximum atomic E-state index is 13.1. The van der Waals surface area contributed by atoms with E-state index in [1.165, 1.54) is 12.8 Å². The molecule has 26 heavy (non-hydrogen) atoms. The molecule has 144 valence electrons. The van der Waals surface area contributed by atoms with Crippen LogP contribution < -0.4 is 5.32 Å². The minimum absolute atomic E-state index is 0.00453. The molecule has 0 unspecified atom stereocenters. The van der Waals surface area contributed by atoms with E-state index in [0.717, 1.165) is 64.0 Å². The van der Waals surface area contributed by atoms with Gasteiger partial charge in [0.2, 0.25) is 0 Å². The number of rotatable bonds is 5. The van der Waals surface area contributed by atoms with E-state index >= 15 is 0 Å². The smallest absolute Gasteiger partial charge is 0.287 e. The van der Waals surface area contributed by atoms with Crippen molar-refractivity contribution in [3.63, 3.8) is 0 Å². The molecule has 1 fully saturated rings. The van der Waals surface area contributed by atoms with Gasteiger partial charge < -0.3 is 19.7 Å². The van der Waals surface area contributed by atoms with Gasteiger partial charge in [-0.3, -0.25) is 9.59 Å². The molecule has 3 rings (SSSR count). The average Bonchev–Trinajstić information content (AvgIpc) is 2.81. The highest BCUT2D eigenvalue weighted by Crippen LogP contribution is 2.23. The summed E-state index contributed by atoms with van der Waals surface area (Å²) in [6.45, 7) is 3.72. The van der Waals surface area contributed by atoms with Gasteiger partial charge in [-0.1, -0.05) is 12.8 Å². The molecule has 0 atom stereocenters. The van der Waals surface area contributed by atoms with Crippen LogP contribution in [0.15, 0.2) is 0 Å². The first-order valence-corrected chi connectivity index (χ1v) is 9.89. The Morgan fingerprint density at radius 1 is 1.04 bits per heavy atom. The first-order valence-electron chi connectivity index (χ1n) is 9.89. The summed E-state index contributed by atoms with van der Waals surface area (Å²) in [5.41, 5.74) is 1.45. The van der Waals surface area contributed by atoms with Crippen molar-refractivity contribution in [3.8, 4) is 0 Å². The fourth-order valence-corrected chi connectivity index (χ4v) is 3.78.